The molecule has 0 saturated heterocycles. The third-order valence-electron chi connectivity index (χ3n) is 0.366. The average molecular weight is 152 g/mol. The Hall–Kier alpha value is 0.0400. The maximum Gasteiger partial charge on any atom is 0.202 e. The highest BCUT2D eigenvalue weighted by molar-refractivity contribution is 8.73. The Morgan fingerprint density at radius 2 is 2.00 bits per heavy atom. The second kappa shape index (κ2) is 3.14. The minimum absolute atomic E-state index is 0.825. The van der Waals surface area contributed by atoms with E-state index in [0.717, 1.165) is 10.8 Å². The van der Waals surface area contributed by atoms with E-state index in [1.54, 1.807) is 13.0 Å². The molecule has 0 aromatic heterocycles. The van der Waals surface area contributed by atoms with Crippen LogP contribution in [0.25, 0.3) is 0 Å². The van der Waals surface area contributed by atoms with Crippen LogP contribution in [0.5, 0.6) is 0 Å². The lowest BCUT2D eigenvalue weighted by molar-refractivity contribution is 0.616. The summed E-state index contributed by atoms with van der Waals surface area (Å²) in [5.41, 5.74) is 0. The van der Waals surface area contributed by atoms with E-state index in [1.807, 2.05) is 0 Å². The molecule has 0 heterocycles. The van der Waals surface area contributed by atoms with Crippen molar-refractivity contribution in [3.8, 4) is 0 Å². The van der Waals surface area contributed by atoms with Crippen LogP contribution in [0.3, 0.4) is 0 Å². The molecule has 0 aromatic rings. The van der Waals surface area contributed by atoms with Gasteiger partial charge in [0.05, 0.1) is 0 Å². The summed E-state index contributed by atoms with van der Waals surface area (Å²) in [6.07, 6.45) is 2.86. The van der Waals surface area contributed by atoms with E-state index in [-0.39, 0.29) is 0 Å². The number of hydrogen-bond donors (Lipinski definition) is 0. The Morgan fingerprint density at radius 3 is 2.12 bits per heavy atom. The fraction of sp³-hybridized carbons (Fsp3) is 0.500. The summed E-state index contributed by atoms with van der Waals surface area (Å²) in [4.78, 5) is 0. The van der Waals surface area contributed by atoms with E-state index in [4.69, 9.17) is 0 Å². The van der Waals surface area contributed by atoms with Crippen molar-refractivity contribution in [3.63, 3.8) is 0 Å². The maximum absolute atomic E-state index is 10.3. The van der Waals surface area contributed by atoms with Gasteiger partial charge in [-0.25, -0.2) is 8.42 Å². The van der Waals surface area contributed by atoms with E-state index >= 15 is 0 Å². The summed E-state index contributed by atoms with van der Waals surface area (Å²) >= 11 is 0. The molecule has 0 aliphatic carbocycles. The Balaban J connectivity index is 3.76. The van der Waals surface area contributed by atoms with E-state index in [2.05, 4.69) is 0 Å². The van der Waals surface area contributed by atoms with Gasteiger partial charge in [-0.15, -0.1) is 0 Å². The molecule has 0 aliphatic rings. The summed E-state index contributed by atoms with van der Waals surface area (Å²) in [6, 6.07) is 0. The molecule has 0 atom stereocenters. The molecule has 48 valence electrons. The third kappa shape index (κ3) is 6.04. The molecule has 0 rings (SSSR count). The van der Waals surface area contributed by atoms with Gasteiger partial charge < -0.3 is 0 Å². The number of rotatable bonds is 2. The van der Waals surface area contributed by atoms with Crippen molar-refractivity contribution in [2.24, 2.45) is 0 Å². The summed E-state index contributed by atoms with van der Waals surface area (Å²) in [5.74, 6) is 0. The monoisotopic (exact) mass is 152 g/mol. The second-order valence-corrected chi connectivity index (χ2v) is 5.54. The second-order valence-electron chi connectivity index (χ2n) is 1.27. The largest absolute Gasteiger partial charge is 0.217 e. The quantitative estimate of drug-likeness (QED) is 0.558. The molecule has 8 heavy (non-hydrogen) atoms. The van der Waals surface area contributed by atoms with Crippen molar-refractivity contribution in [3.05, 3.63) is 11.5 Å². The molecular formula is C4H8O2S2. The summed E-state index contributed by atoms with van der Waals surface area (Å²) in [6.45, 7) is 1.78. The Kier molecular flexibility index (Phi) is 3.16. The van der Waals surface area contributed by atoms with Gasteiger partial charge in [-0.1, -0.05) is 6.08 Å². The van der Waals surface area contributed by atoms with Gasteiger partial charge in [0.2, 0.25) is 8.87 Å². The maximum atomic E-state index is 10.3. The molecule has 0 bridgehead atoms. The van der Waals surface area contributed by atoms with Crippen LogP contribution in [-0.4, -0.2) is 14.7 Å². The minimum Gasteiger partial charge on any atom is -0.217 e. The van der Waals surface area contributed by atoms with Gasteiger partial charge in [0.1, 0.15) is 0 Å². The van der Waals surface area contributed by atoms with Crippen molar-refractivity contribution in [2.75, 3.05) is 6.26 Å². The normalized spacial score (nSPS) is 12.8. The smallest absolute Gasteiger partial charge is 0.202 e. The van der Waals surface area contributed by atoms with E-state index < -0.39 is 8.87 Å². The standard InChI is InChI=1S/C4H8O2S2/c1-3-4-7-8(2,5)6/h3-4H,1-2H3/b4-3-. The van der Waals surface area contributed by atoms with Crippen molar-refractivity contribution in [1.29, 1.82) is 0 Å². The van der Waals surface area contributed by atoms with Crippen molar-refractivity contribution < 1.29 is 8.42 Å². The Morgan fingerprint density at radius 1 is 1.50 bits per heavy atom. The van der Waals surface area contributed by atoms with Crippen LogP contribution in [0, 0.1) is 0 Å². The summed E-state index contributed by atoms with van der Waals surface area (Å²) < 4.78 is 20.6. The van der Waals surface area contributed by atoms with Crippen molar-refractivity contribution in [2.45, 2.75) is 6.92 Å². The zero-order valence-electron chi connectivity index (χ0n) is 4.79. The van der Waals surface area contributed by atoms with E-state index in [9.17, 15) is 8.42 Å². The molecule has 0 aliphatic heterocycles. The lowest BCUT2D eigenvalue weighted by Gasteiger charge is -1.84. The zero-order chi connectivity index (χ0) is 6.62. The van der Waals surface area contributed by atoms with Gasteiger partial charge in [0.25, 0.3) is 0 Å². The molecular weight excluding hydrogens is 144 g/mol. The first-order valence-electron chi connectivity index (χ1n) is 2.05. The van der Waals surface area contributed by atoms with Crippen LogP contribution >= 0.6 is 10.8 Å². The highest BCUT2D eigenvalue weighted by Crippen LogP contribution is 2.09. The number of hydrogen-bond acceptors (Lipinski definition) is 3. The predicted octanol–water partition coefficient (Wildman–Crippen LogP) is 1.21. The Bertz CT molecular complexity index is 166. The first kappa shape index (κ1) is 8.04. The first-order valence-corrected chi connectivity index (χ1v) is 5.34. The fourth-order valence-corrected chi connectivity index (χ4v) is 1.41. The summed E-state index contributed by atoms with van der Waals surface area (Å²) in [5, 5.41) is 1.54. The molecule has 0 saturated carbocycles. The van der Waals surface area contributed by atoms with Gasteiger partial charge in [-0.05, 0) is 23.1 Å². The Labute approximate surface area is 53.3 Å². The highest BCUT2D eigenvalue weighted by atomic mass is 33.1. The average Bonchev–Trinajstić information content (AvgIpc) is 1.59. The van der Waals surface area contributed by atoms with Crippen molar-refractivity contribution >= 4 is 19.7 Å². The van der Waals surface area contributed by atoms with Gasteiger partial charge in [-0.3, -0.25) is 0 Å². The molecule has 0 N–H and O–H groups in total. The molecule has 0 amide bonds. The van der Waals surface area contributed by atoms with Crippen LogP contribution in [-0.2, 0) is 8.87 Å². The molecule has 4 heteroatoms. The minimum atomic E-state index is -2.86. The molecule has 0 aromatic carbocycles. The zero-order valence-corrected chi connectivity index (χ0v) is 6.42. The van der Waals surface area contributed by atoms with Crippen LogP contribution in [0.4, 0.5) is 0 Å². The fourth-order valence-electron chi connectivity index (χ4n) is 0.156. The molecule has 0 spiro atoms. The summed E-state index contributed by atoms with van der Waals surface area (Å²) in [7, 11) is -2.03. The first-order chi connectivity index (χ1) is 3.56. The number of allylic oxidation sites excluding steroid dienone is 1. The predicted molar refractivity (Wildman–Crippen MR) is 37.2 cm³/mol. The SMILES string of the molecule is C/C=C\SS(C)(=O)=O. The van der Waals surface area contributed by atoms with Gasteiger partial charge in [-0.2, -0.15) is 0 Å². The van der Waals surface area contributed by atoms with Gasteiger partial charge in [0.15, 0.2) is 0 Å². The topological polar surface area (TPSA) is 34.1 Å². The van der Waals surface area contributed by atoms with Gasteiger partial charge in [0, 0.05) is 6.26 Å². The van der Waals surface area contributed by atoms with E-state index in [1.165, 1.54) is 11.7 Å². The molecule has 2 nitrogen and oxygen atoms in total. The molecule has 0 radical (unpaired) electrons. The van der Waals surface area contributed by atoms with Crippen LogP contribution in [0.1, 0.15) is 6.92 Å². The lowest BCUT2D eigenvalue weighted by Crippen LogP contribution is -1.82. The molecule has 0 unspecified atom stereocenters. The van der Waals surface area contributed by atoms with Gasteiger partial charge >= 0.3 is 0 Å². The third-order valence-corrected chi connectivity index (χ3v) is 2.48. The lowest BCUT2D eigenvalue weighted by atomic mass is 10.8. The van der Waals surface area contributed by atoms with E-state index in [0.29, 0.717) is 0 Å². The highest BCUT2D eigenvalue weighted by Gasteiger charge is 1.95. The van der Waals surface area contributed by atoms with Crippen LogP contribution in [0.15, 0.2) is 11.5 Å². The molecule has 0 fully saturated rings. The van der Waals surface area contributed by atoms with Crippen molar-refractivity contribution in [1.82, 2.24) is 0 Å². The van der Waals surface area contributed by atoms with Crippen LogP contribution < -0.4 is 0 Å². The van der Waals surface area contributed by atoms with Crippen LogP contribution in [0.2, 0.25) is 0 Å².